The Balaban J connectivity index is -0.0000000178. The van der Waals surface area contributed by atoms with Crippen molar-refractivity contribution in [3.63, 3.8) is 0 Å². The van der Waals surface area contributed by atoms with Crippen LogP contribution >= 0.6 is 15.6 Å². The van der Waals surface area contributed by atoms with Gasteiger partial charge in [0.1, 0.15) is 0 Å². The van der Waals surface area contributed by atoms with Crippen LogP contribution in [0.1, 0.15) is 0 Å². The molecule has 0 rings (SSSR count). The zero-order chi connectivity index (χ0) is 9.00. The molecule has 0 fully saturated rings. The van der Waals surface area contributed by atoms with Gasteiger partial charge in [-0.3, -0.25) is 0 Å². The Morgan fingerprint density at radius 3 is 0.714 bits per heavy atom. The summed E-state index contributed by atoms with van der Waals surface area (Å²) in [5.41, 5.74) is 0. The van der Waals surface area contributed by atoms with Gasteiger partial charge in [-0.2, -0.15) is 15.6 Å². The van der Waals surface area contributed by atoms with E-state index in [1.807, 2.05) is 0 Å². The number of hydrogen-bond donors (Lipinski definition) is 1. The predicted molar refractivity (Wildman–Crippen MR) is 21.2 cm³/mol. The van der Waals surface area contributed by atoms with Gasteiger partial charge in [-0.25, -0.2) is 0 Å². The van der Waals surface area contributed by atoms with Crippen molar-refractivity contribution in [1.82, 2.24) is 6.15 Å². The van der Waals surface area contributed by atoms with Gasteiger partial charge in [0, 0.05) is 0 Å². The average Bonchev–Trinajstić information content (AvgIpc) is 1.12. The summed E-state index contributed by atoms with van der Waals surface area (Å²) >= 11 is 0. The molecule has 0 atom stereocenters. The molecule has 0 spiro atoms. The molecule has 14 heavy (non-hydrogen) atoms. The third-order valence-corrected chi connectivity index (χ3v) is 0. The first-order valence-electron chi connectivity index (χ1n) is 1.46. The van der Waals surface area contributed by atoms with Crippen LogP contribution in [0.25, 0.3) is 0 Å². The van der Waals surface area contributed by atoms with Gasteiger partial charge in [0.15, 0.2) is 0 Å². The largest absolute Gasteiger partial charge is 2.00 e. The maximum absolute atomic E-state index is 8.55. The molecule has 14 heteroatoms. The zero-order valence-corrected chi connectivity index (χ0v) is 11.0. The minimum Gasteiger partial charge on any atom is -0.822 e. The summed E-state index contributed by atoms with van der Waals surface area (Å²) in [6.45, 7) is 0. The van der Waals surface area contributed by atoms with Crippen LogP contribution in [0.15, 0.2) is 0 Å². The van der Waals surface area contributed by atoms with E-state index in [-0.39, 0.29) is 59.1 Å². The van der Waals surface area contributed by atoms with Crippen LogP contribution in [0.5, 0.6) is 0 Å². The van der Waals surface area contributed by atoms with E-state index < -0.39 is 15.6 Å². The maximum Gasteiger partial charge on any atom is 2.00 e. The third kappa shape index (κ3) is 688. The van der Waals surface area contributed by atoms with Gasteiger partial charge in [0.25, 0.3) is 0 Å². The number of rotatable bonds is 0. The zero-order valence-electron chi connectivity index (χ0n) is 6.89. The minimum atomic E-state index is -5.39. The van der Waals surface area contributed by atoms with E-state index in [9.17, 15) is 0 Å². The fraction of sp³-hybridized carbons (Fsp3) is 0. The van der Waals surface area contributed by atoms with Gasteiger partial charge >= 0.3 is 53.0 Å². The third-order valence-electron chi connectivity index (χ3n) is 0. The van der Waals surface area contributed by atoms with Crippen LogP contribution in [0.2, 0.25) is 0 Å². The molecule has 0 heterocycles. The van der Waals surface area contributed by atoms with Crippen molar-refractivity contribution in [1.29, 1.82) is 0 Å². The fourth-order valence-corrected chi connectivity index (χ4v) is 0. The summed E-state index contributed by atoms with van der Waals surface area (Å²) in [4.78, 5) is 51.3. The Morgan fingerprint density at radius 1 is 0.714 bits per heavy atom. The van der Waals surface area contributed by atoms with Crippen molar-refractivity contribution >= 4 is 15.6 Å². The smallest absolute Gasteiger partial charge is 0.822 e. The second-order valence-corrected chi connectivity index (χ2v) is 2.68. The normalized spacial score (nSPS) is 8.43. The molecule has 0 aromatic heterocycles. The molecule has 0 unspecified atom stereocenters. The van der Waals surface area contributed by atoms with Gasteiger partial charge in [-0.1, -0.05) is 0 Å². The molecule has 9 nitrogen and oxygen atoms in total. The Labute approximate surface area is 113 Å². The van der Waals surface area contributed by atoms with Crippen molar-refractivity contribution in [2.24, 2.45) is 0 Å². The van der Waals surface area contributed by atoms with Crippen molar-refractivity contribution in [3.8, 4) is 0 Å². The molecule has 4 N–H and O–H groups in total. The van der Waals surface area contributed by atoms with Crippen LogP contribution in [0.4, 0.5) is 0 Å². The monoisotopic (exact) mass is 326 g/mol. The van der Waals surface area contributed by atoms with Crippen LogP contribution in [-0.4, -0.2) is 0 Å². The molecule has 0 aromatic rings. The standard InChI is InChI=1S/Fe.Li.Mn.H3N.2H3O4P/c;;;;2*1-5(2,3)4/h;;;1H3;2*(H3,1,2,3,4)/q+2;+1;+2;;;/p-5. The molecule has 0 saturated carbocycles. The van der Waals surface area contributed by atoms with E-state index >= 15 is 0 Å². The van der Waals surface area contributed by atoms with E-state index in [1.54, 1.807) is 0 Å². The first kappa shape index (κ1) is 36.0. The van der Waals surface area contributed by atoms with Crippen LogP contribution < -0.4 is 54.4 Å². The van der Waals surface area contributed by atoms with Crippen molar-refractivity contribution in [2.45, 2.75) is 0 Å². The number of phosphoric acid groups is 2. The molecule has 0 bridgehead atoms. The molecular weight excluding hydrogens is 322 g/mol. The summed E-state index contributed by atoms with van der Waals surface area (Å²) in [5, 5.41) is 0. The van der Waals surface area contributed by atoms with Crippen molar-refractivity contribution in [3.05, 3.63) is 0 Å². The van der Waals surface area contributed by atoms with E-state index in [2.05, 4.69) is 0 Å². The summed E-state index contributed by atoms with van der Waals surface area (Å²) in [7, 11) is -10.8. The predicted octanol–water partition coefficient (Wildman–Crippen LogP) is -8.27. The summed E-state index contributed by atoms with van der Waals surface area (Å²) < 4.78 is 17.1. The molecule has 0 aromatic carbocycles. The second-order valence-electron chi connectivity index (χ2n) is 0.894. The maximum atomic E-state index is 8.55. The Morgan fingerprint density at radius 2 is 0.714 bits per heavy atom. The summed E-state index contributed by atoms with van der Waals surface area (Å²) in [5.74, 6) is 0. The van der Waals surface area contributed by atoms with Gasteiger partial charge in [0.2, 0.25) is 0 Å². The molecule has 83 valence electrons. The summed E-state index contributed by atoms with van der Waals surface area (Å²) in [6.07, 6.45) is 0. The number of quaternary nitrogens is 1. The fourth-order valence-electron chi connectivity index (χ4n) is 0. The van der Waals surface area contributed by atoms with E-state index in [0.717, 1.165) is 0 Å². The minimum absolute atomic E-state index is 0. The molecule has 0 saturated heterocycles. The second kappa shape index (κ2) is 14.8. The van der Waals surface area contributed by atoms with Gasteiger partial charge in [-0.15, -0.1) is 0 Å². The topological polar surface area (TPSA) is 209 Å². The van der Waals surface area contributed by atoms with Crippen LogP contribution in [0, 0.1) is 0 Å². The molecular formula is H4FeLiMnNO8P2. The quantitative estimate of drug-likeness (QED) is 0.333. The van der Waals surface area contributed by atoms with E-state index in [0.29, 0.717) is 0 Å². The van der Waals surface area contributed by atoms with Gasteiger partial charge < -0.3 is 44.6 Å². The molecule has 0 aliphatic heterocycles. The average molecular weight is 326 g/mol. The van der Waals surface area contributed by atoms with E-state index in [1.165, 1.54) is 0 Å². The first-order valence-corrected chi connectivity index (χ1v) is 4.38. The Hall–Kier alpha value is 1.82. The SMILES string of the molecule is O=P([O-])([O-])[O-].O=P([O-])([O-])[O-].[Fe+2].[Li+].[Mn+2].[NH4+]. The van der Waals surface area contributed by atoms with Crippen molar-refractivity contribution in [2.75, 3.05) is 0 Å². The number of hydrogen-bond acceptors (Lipinski definition) is 8. The van der Waals surface area contributed by atoms with Gasteiger partial charge in [-0.05, 0) is 0 Å². The van der Waals surface area contributed by atoms with Gasteiger partial charge in [0.05, 0.1) is 0 Å². The molecule has 0 aliphatic carbocycles. The summed E-state index contributed by atoms with van der Waals surface area (Å²) in [6, 6.07) is 0. The van der Waals surface area contributed by atoms with Crippen LogP contribution in [0.3, 0.4) is 0 Å². The Bertz CT molecular complexity index is 140. The Kier molecular flexibility index (Phi) is 38.1. The first-order chi connectivity index (χ1) is 4.00. The molecule has 0 amide bonds. The van der Waals surface area contributed by atoms with Crippen molar-refractivity contribution < 1.29 is 91.5 Å². The van der Waals surface area contributed by atoms with Crippen LogP contribution in [-0.2, 0) is 43.3 Å². The molecule has 1 radical (unpaired) electrons. The van der Waals surface area contributed by atoms with E-state index in [4.69, 9.17) is 38.5 Å². The molecule has 0 aliphatic rings.